The molecule has 0 radical (unpaired) electrons. The zero-order valence-electron chi connectivity index (χ0n) is 19.6. The average Bonchev–Trinajstić information content (AvgIpc) is 3.25. The molecule has 2 N–H and O–H groups in total. The number of aromatic nitrogens is 2. The topological polar surface area (TPSA) is 90.8 Å². The van der Waals surface area contributed by atoms with Crippen molar-refractivity contribution < 1.29 is 14.6 Å². The minimum absolute atomic E-state index is 0.0251. The van der Waals surface area contributed by atoms with Crippen molar-refractivity contribution >= 4 is 33.3 Å². The van der Waals surface area contributed by atoms with E-state index in [2.05, 4.69) is 20.2 Å². The lowest BCUT2D eigenvalue weighted by Gasteiger charge is -2.26. The number of nitrogens with one attached hydrogen (secondary N) is 1. The maximum absolute atomic E-state index is 12.8. The average molecular weight is 482 g/mol. The van der Waals surface area contributed by atoms with Crippen molar-refractivity contribution in [1.82, 2.24) is 19.8 Å². The standard InChI is InChI=1S/C25H31N5O3S/c1-29(13-14-33-2)11-6-9-22(32)30-12-10-19-21(15-30)34-25-23(19)24(26-17-27-25)28-20(16-31)18-7-4-3-5-8-18/h3-9,17,20,31H,10-16H2,1-2H3,(H,26,27,28)/t20-/m1/s1. The van der Waals surface area contributed by atoms with Crippen LogP contribution in [-0.2, 0) is 22.5 Å². The fourth-order valence-corrected chi connectivity index (χ4v) is 5.29. The van der Waals surface area contributed by atoms with Crippen molar-refractivity contribution in [2.45, 2.75) is 19.0 Å². The number of thiophene rings is 1. The van der Waals surface area contributed by atoms with Crippen LogP contribution < -0.4 is 5.32 Å². The van der Waals surface area contributed by atoms with Gasteiger partial charge in [0.1, 0.15) is 17.0 Å². The highest BCUT2D eigenvalue weighted by molar-refractivity contribution is 7.19. The number of ether oxygens (including phenoxy) is 1. The van der Waals surface area contributed by atoms with Gasteiger partial charge in [0.05, 0.1) is 31.2 Å². The van der Waals surface area contributed by atoms with Crippen molar-refractivity contribution in [3.05, 3.63) is 64.8 Å². The van der Waals surface area contributed by atoms with E-state index in [-0.39, 0.29) is 18.6 Å². The van der Waals surface area contributed by atoms with Crippen LogP contribution in [0.4, 0.5) is 5.82 Å². The predicted molar refractivity (Wildman–Crippen MR) is 135 cm³/mol. The zero-order valence-corrected chi connectivity index (χ0v) is 20.4. The molecule has 8 nitrogen and oxygen atoms in total. The summed E-state index contributed by atoms with van der Waals surface area (Å²) in [6.45, 7) is 3.37. The Kier molecular flexibility index (Phi) is 8.23. The summed E-state index contributed by atoms with van der Waals surface area (Å²) in [6.07, 6.45) is 5.88. The molecule has 0 fully saturated rings. The summed E-state index contributed by atoms with van der Waals surface area (Å²) >= 11 is 1.61. The van der Waals surface area contributed by atoms with E-state index >= 15 is 0 Å². The molecule has 0 saturated heterocycles. The van der Waals surface area contributed by atoms with Gasteiger partial charge < -0.3 is 25.0 Å². The summed E-state index contributed by atoms with van der Waals surface area (Å²) in [4.78, 5) is 27.8. The monoisotopic (exact) mass is 481 g/mol. The minimum Gasteiger partial charge on any atom is -0.394 e. The van der Waals surface area contributed by atoms with E-state index in [0.717, 1.165) is 39.4 Å². The van der Waals surface area contributed by atoms with Crippen molar-refractivity contribution in [2.75, 3.05) is 52.3 Å². The lowest BCUT2D eigenvalue weighted by molar-refractivity contribution is -0.126. The van der Waals surface area contributed by atoms with Gasteiger partial charge in [0.25, 0.3) is 0 Å². The number of nitrogens with zero attached hydrogens (tertiary/aromatic N) is 4. The molecule has 0 unspecified atom stereocenters. The summed E-state index contributed by atoms with van der Waals surface area (Å²) in [5.74, 6) is 0.751. The lowest BCUT2D eigenvalue weighted by Crippen LogP contribution is -2.34. The van der Waals surface area contributed by atoms with Crippen LogP contribution >= 0.6 is 11.3 Å². The fraction of sp³-hybridized carbons (Fsp3) is 0.400. The fourth-order valence-electron chi connectivity index (χ4n) is 4.09. The number of methoxy groups -OCH3 is 1. The largest absolute Gasteiger partial charge is 0.394 e. The van der Waals surface area contributed by atoms with Gasteiger partial charge >= 0.3 is 0 Å². The lowest BCUT2D eigenvalue weighted by atomic mass is 10.0. The molecule has 1 atom stereocenters. The van der Waals surface area contributed by atoms with Gasteiger partial charge in [0.15, 0.2) is 0 Å². The Morgan fingerprint density at radius 1 is 1.35 bits per heavy atom. The summed E-state index contributed by atoms with van der Waals surface area (Å²) < 4.78 is 5.09. The first-order chi connectivity index (χ1) is 16.6. The third-order valence-corrected chi connectivity index (χ3v) is 7.12. The second kappa shape index (κ2) is 11.5. The molecule has 1 aromatic carbocycles. The van der Waals surface area contributed by atoms with E-state index in [1.807, 2.05) is 48.4 Å². The molecule has 0 saturated carbocycles. The van der Waals surface area contributed by atoms with E-state index in [1.165, 1.54) is 5.56 Å². The predicted octanol–water partition coefficient (Wildman–Crippen LogP) is 2.86. The third kappa shape index (κ3) is 5.61. The molecule has 34 heavy (non-hydrogen) atoms. The summed E-state index contributed by atoms with van der Waals surface area (Å²) in [6, 6.07) is 9.59. The number of amides is 1. The number of hydrogen-bond acceptors (Lipinski definition) is 8. The van der Waals surface area contributed by atoms with Crippen LogP contribution in [0.2, 0.25) is 0 Å². The highest BCUT2D eigenvalue weighted by Crippen LogP contribution is 2.38. The smallest absolute Gasteiger partial charge is 0.246 e. The van der Waals surface area contributed by atoms with Gasteiger partial charge in [-0.1, -0.05) is 36.4 Å². The molecular formula is C25H31N5O3S. The molecule has 1 aliphatic rings. The highest BCUT2D eigenvalue weighted by Gasteiger charge is 2.26. The van der Waals surface area contributed by atoms with Gasteiger partial charge in [-0.25, -0.2) is 9.97 Å². The number of benzene rings is 1. The quantitative estimate of drug-likeness (QED) is 0.430. The maximum atomic E-state index is 12.8. The number of carbonyl (C=O) groups is 1. The van der Waals surface area contributed by atoms with Crippen molar-refractivity contribution in [2.24, 2.45) is 0 Å². The van der Waals surface area contributed by atoms with Crippen LogP contribution in [0, 0.1) is 0 Å². The first-order valence-corrected chi connectivity index (χ1v) is 12.2. The van der Waals surface area contributed by atoms with E-state index in [9.17, 15) is 9.90 Å². The molecule has 180 valence electrons. The second-order valence-electron chi connectivity index (χ2n) is 8.36. The van der Waals surface area contributed by atoms with E-state index in [1.54, 1.807) is 30.8 Å². The van der Waals surface area contributed by atoms with E-state index in [0.29, 0.717) is 26.2 Å². The van der Waals surface area contributed by atoms with Gasteiger partial charge in [-0.2, -0.15) is 0 Å². The summed E-state index contributed by atoms with van der Waals surface area (Å²) in [5, 5.41) is 14.4. The number of anilines is 1. The van der Waals surface area contributed by atoms with Gasteiger partial charge in [-0.3, -0.25) is 4.79 Å². The normalized spacial score (nSPS) is 14.6. The minimum atomic E-state index is -0.260. The van der Waals surface area contributed by atoms with Crippen LogP contribution in [0.1, 0.15) is 22.0 Å². The molecule has 1 amide bonds. The molecule has 4 rings (SSSR count). The SMILES string of the molecule is COCCN(C)CC=CC(=O)N1CCc2c(sc3ncnc(N[C@H](CO)c4ccccc4)c23)C1. The Morgan fingerprint density at radius 3 is 2.94 bits per heavy atom. The number of hydrogen-bond donors (Lipinski definition) is 2. The Balaban J connectivity index is 1.48. The van der Waals surface area contributed by atoms with Gasteiger partial charge in [0.2, 0.25) is 5.91 Å². The Labute approximate surface area is 203 Å². The van der Waals surface area contributed by atoms with Crippen LogP contribution in [0.5, 0.6) is 0 Å². The Hall–Kier alpha value is -2.85. The van der Waals surface area contributed by atoms with Gasteiger partial charge in [-0.15, -0.1) is 11.3 Å². The number of likely N-dealkylation sites (N-methyl/N-ethyl adjacent to an activating group) is 1. The second-order valence-corrected chi connectivity index (χ2v) is 9.45. The Bertz CT molecular complexity index is 1130. The number of carbonyl (C=O) groups excluding carboxylic acids is 1. The van der Waals surface area contributed by atoms with Gasteiger partial charge in [0, 0.05) is 37.7 Å². The molecule has 3 heterocycles. The molecule has 0 spiro atoms. The molecule has 1 aliphatic heterocycles. The highest BCUT2D eigenvalue weighted by atomic mass is 32.1. The summed E-state index contributed by atoms with van der Waals surface area (Å²) in [5.41, 5.74) is 2.19. The molecule has 0 bridgehead atoms. The number of aliphatic hydroxyl groups excluding tert-OH is 1. The van der Waals surface area contributed by atoms with Crippen molar-refractivity contribution in [3.8, 4) is 0 Å². The van der Waals surface area contributed by atoms with E-state index < -0.39 is 0 Å². The van der Waals surface area contributed by atoms with Gasteiger partial charge in [-0.05, 0) is 24.6 Å². The van der Waals surface area contributed by atoms with Crippen molar-refractivity contribution in [1.29, 1.82) is 0 Å². The molecule has 2 aromatic heterocycles. The van der Waals surface area contributed by atoms with Crippen molar-refractivity contribution in [3.63, 3.8) is 0 Å². The first kappa shape index (κ1) is 24.3. The first-order valence-electron chi connectivity index (χ1n) is 11.4. The van der Waals surface area contributed by atoms with Crippen LogP contribution in [-0.4, -0.2) is 77.8 Å². The van der Waals surface area contributed by atoms with Crippen LogP contribution in [0.3, 0.4) is 0 Å². The molecular weight excluding hydrogens is 450 g/mol. The summed E-state index contributed by atoms with van der Waals surface area (Å²) in [7, 11) is 3.69. The van der Waals surface area contributed by atoms with Crippen LogP contribution in [0.25, 0.3) is 10.2 Å². The Morgan fingerprint density at radius 2 is 2.18 bits per heavy atom. The number of fused-ring (bicyclic) bond motifs is 3. The zero-order chi connectivity index (χ0) is 23.9. The third-order valence-electron chi connectivity index (χ3n) is 6.00. The molecule has 9 heteroatoms. The molecule has 3 aromatic rings. The maximum Gasteiger partial charge on any atom is 0.246 e. The number of aliphatic hydroxyl groups is 1. The van der Waals surface area contributed by atoms with E-state index in [4.69, 9.17) is 4.74 Å². The molecule has 0 aliphatic carbocycles. The number of rotatable bonds is 10. The van der Waals surface area contributed by atoms with Crippen LogP contribution in [0.15, 0.2) is 48.8 Å².